The molecule has 32 heavy (non-hydrogen) atoms. The molecule has 2 aliphatic heterocycles. The molecule has 7 nitrogen and oxygen atoms in total. The number of hydrogen-bond donors (Lipinski definition) is 1. The summed E-state index contributed by atoms with van der Waals surface area (Å²) in [6.07, 6.45) is 1.03. The van der Waals surface area contributed by atoms with Crippen LogP contribution in [-0.2, 0) is 20.2 Å². The largest absolute Gasteiger partial charge is 0.454 e. The van der Waals surface area contributed by atoms with Crippen molar-refractivity contribution in [3.63, 3.8) is 0 Å². The van der Waals surface area contributed by atoms with E-state index in [9.17, 15) is 13.2 Å². The summed E-state index contributed by atoms with van der Waals surface area (Å²) in [5.41, 5.74) is 1.79. The zero-order valence-electron chi connectivity index (χ0n) is 18.8. The summed E-state index contributed by atoms with van der Waals surface area (Å²) in [6.45, 7) is 7.47. The number of fused-ring (bicyclic) bond motifs is 1. The van der Waals surface area contributed by atoms with Gasteiger partial charge in [0.1, 0.15) is 0 Å². The minimum atomic E-state index is -3.53. The van der Waals surface area contributed by atoms with Crippen LogP contribution in [0.25, 0.3) is 0 Å². The number of nitrogens with zero attached hydrogens (tertiary/aromatic N) is 1. The number of piperidine rings is 1. The van der Waals surface area contributed by atoms with Gasteiger partial charge in [0.15, 0.2) is 11.5 Å². The first kappa shape index (κ1) is 22.6. The molecule has 0 radical (unpaired) electrons. The van der Waals surface area contributed by atoms with E-state index in [0.29, 0.717) is 37.4 Å². The first-order valence-corrected chi connectivity index (χ1v) is 12.4. The summed E-state index contributed by atoms with van der Waals surface area (Å²) in [5, 5.41) is 3.07. The standard InChI is InChI=1S/C24H30N2O5S/c1-17-4-7-20(8-5-17)32(28,29)26-12-10-18(11-13-26)23(27)25-15-24(2,3)19-6-9-21-22(14-19)31-16-30-21/h4-9,14,18H,10-13,15-16H2,1-3H3,(H,25,27). The molecule has 0 unspecified atom stereocenters. The van der Waals surface area contributed by atoms with Gasteiger partial charge in [-0.25, -0.2) is 8.42 Å². The molecular formula is C24H30N2O5S. The van der Waals surface area contributed by atoms with Crippen LogP contribution in [0.3, 0.4) is 0 Å². The second kappa shape index (κ2) is 8.75. The zero-order chi connectivity index (χ0) is 22.9. The maximum Gasteiger partial charge on any atom is 0.243 e. The summed E-state index contributed by atoms with van der Waals surface area (Å²) >= 11 is 0. The van der Waals surface area contributed by atoms with Crippen molar-refractivity contribution in [2.75, 3.05) is 26.4 Å². The van der Waals surface area contributed by atoms with Crippen molar-refractivity contribution >= 4 is 15.9 Å². The predicted molar refractivity (Wildman–Crippen MR) is 121 cm³/mol. The Kier molecular flexibility index (Phi) is 6.18. The number of aryl methyl sites for hydroxylation is 1. The first-order chi connectivity index (χ1) is 15.2. The lowest BCUT2D eigenvalue weighted by molar-refractivity contribution is -0.126. The van der Waals surface area contributed by atoms with Crippen LogP contribution < -0.4 is 14.8 Å². The molecule has 4 rings (SSSR count). The van der Waals surface area contributed by atoms with Gasteiger partial charge in [0.25, 0.3) is 0 Å². The van der Waals surface area contributed by atoms with E-state index in [-0.39, 0.29) is 24.0 Å². The normalized spacial score (nSPS) is 17.3. The molecule has 1 amide bonds. The third-order valence-electron chi connectivity index (χ3n) is 6.34. The van der Waals surface area contributed by atoms with Crippen LogP contribution in [0, 0.1) is 12.8 Å². The fourth-order valence-corrected chi connectivity index (χ4v) is 5.56. The van der Waals surface area contributed by atoms with Gasteiger partial charge in [-0.2, -0.15) is 4.31 Å². The molecule has 2 heterocycles. The van der Waals surface area contributed by atoms with Crippen LogP contribution in [0.2, 0.25) is 0 Å². The van der Waals surface area contributed by atoms with E-state index in [1.54, 1.807) is 24.3 Å². The fraction of sp³-hybridized carbons (Fsp3) is 0.458. The van der Waals surface area contributed by atoms with Crippen LogP contribution in [0.4, 0.5) is 0 Å². The van der Waals surface area contributed by atoms with Crippen molar-refractivity contribution in [3.05, 3.63) is 53.6 Å². The number of nitrogens with one attached hydrogen (secondary N) is 1. The Hall–Kier alpha value is -2.58. The molecule has 1 fully saturated rings. The smallest absolute Gasteiger partial charge is 0.243 e. The lowest BCUT2D eigenvalue weighted by atomic mass is 9.84. The average molecular weight is 459 g/mol. The van der Waals surface area contributed by atoms with E-state index in [4.69, 9.17) is 9.47 Å². The molecule has 0 aliphatic carbocycles. The molecule has 2 aromatic rings. The highest BCUT2D eigenvalue weighted by atomic mass is 32.2. The van der Waals surface area contributed by atoms with Gasteiger partial charge in [0.2, 0.25) is 22.7 Å². The van der Waals surface area contributed by atoms with E-state index in [0.717, 1.165) is 22.6 Å². The van der Waals surface area contributed by atoms with Crippen LogP contribution in [0.15, 0.2) is 47.4 Å². The Balaban J connectivity index is 1.32. The fourth-order valence-electron chi connectivity index (χ4n) is 4.09. The van der Waals surface area contributed by atoms with Crippen LogP contribution >= 0.6 is 0 Å². The molecule has 2 aromatic carbocycles. The number of hydrogen-bond acceptors (Lipinski definition) is 5. The molecule has 0 spiro atoms. The quantitative estimate of drug-likeness (QED) is 0.719. The molecule has 172 valence electrons. The summed E-state index contributed by atoms with van der Waals surface area (Å²) in [7, 11) is -3.53. The molecule has 1 N–H and O–H groups in total. The van der Waals surface area contributed by atoms with Crippen molar-refractivity contribution in [2.24, 2.45) is 5.92 Å². The third kappa shape index (κ3) is 4.61. The monoisotopic (exact) mass is 458 g/mol. The number of benzene rings is 2. The van der Waals surface area contributed by atoms with Gasteiger partial charge >= 0.3 is 0 Å². The van der Waals surface area contributed by atoms with Crippen molar-refractivity contribution in [2.45, 2.75) is 43.9 Å². The number of sulfonamides is 1. The van der Waals surface area contributed by atoms with Crippen molar-refractivity contribution < 1.29 is 22.7 Å². The van der Waals surface area contributed by atoms with Crippen molar-refractivity contribution in [3.8, 4) is 11.5 Å². The average Bonchev–Trinajstić information content (AvgIpc) is 3.26. The minimum absolute atomic E-state index is 0.0220. The molecule has 0 bridgehead atoms. The van der Waals surface area contributed by atoms with Gasteiger partial charge < -0.3 is 14.8 Å². The first-order valence-electron chi connectivity index (χ1n) is 10.9. The number of carbonyl (C=O) groups excluding carboxylic acids is 1. The number of rotatable bonds is 6. The molecule has 0 atom stereocenters. The van der Waals surface area contributed by atoms with E-state index in [1.165, 1.54) is 4.31 Å². The van der Waals surface area contributed by atoms with Crippen LogP contribution in [0.1, 0.15) is 37.8 Å². The highest BCUT2D eigenvalue weighted by molar-refractivity contribution is 7.89. The van der Waals surface area contributed by atoms with E-state index < -0.39 is 10.0 Å². The van der Waals surface area contributed by atoms with Gasteiger partial charge in [0, 0.05) is 31.0 Å². The van der Waals surface area contributed by atoms with Gasteiger partial charge in [-0.3, -0.25) is 4.79 Å². The lowest BCUT2D eigenvalue weighted by Crippen LogP contribution is -2.45. The molecule has 1 saturated heterocycles. The Morgan fingerprint density at radius 3 is 2.41 bits per heavy atom. The molecule has 8 heteroatoms. The Labute approximate surface area is 189 Å². The van der Waals surface area contributed by atoms with Gasteiger partial charge in [-0.05, 0) is 49.6 Å². The van der Waals surface area contributed by atoms with Gasteiger partial charge in [0.05, 0.1) is 4.90 Å². The summed E-state index contributed by atoms with van der Waals surface area (Å²) in [4.78, 5) is 13.1. The second-order valence-electron chi connectivity index (χ2n) is 9.16. The molecular weight excluding hydrogens is 428 g/mol. The van der Waals surface area contributed by atoms with E-state index in [2.05, 4.69) is 19.2 Å². The van der Waals surface area contributed by atoms with Crippen molar-refractivity contribution in [1.82, 2.24) is 9.62 Å². The summed E-state index contributed by atoms with van der Waals surface area (Å²) in [6, 6.07) is 12.7. The molecule has 2 aliphatic rings. The van der Waals surface area contributed by atoms with E-state index >= 15 is 0 Å². The zero-order valence-corrected chi connectivity index (χ0v) is 19.6. The SMILES string of the molecule is Cc1ccc(S(=O)(=O)N2CCC(C(=O)NCC(C)(C)c3ccc4c(c3)OCO4)CC2)cc1. The molecule has 0 saturated carbocycles. The highest BCUT2D eigenvalue weighted by Crippen LogP contribution is 2.36. The maximum absolute atomic E-state index is 12.9. The van der Waals surface area contributed by atoms with Crippen LogP contribution in [0.5, 0.6) is 11.5 Å². The number of ether oxygens (including phenoxy) is 2. The lowest BCUT2D eigenvalue weighted by Gasteiger charge is -2.32. The highest BCUT2D eigenvalue weighted by Gasteiger charge is 2.33. The Bertz CT molecular complexity index is 1090. The number of amides is 1. The summed E-state index contributed by atoms with van der Waals surface area (Å²) in [5.74, 6) is 1.25. The predicted octanol–water partition coefficient (Wildman–Crippen LogP) is 3.22. The minimum Gasteiger partial charge on any atom is -0.454 e. The third-order valence-corrected chi connectivity index (χ3v) is 8.25. The van der Waals surface area contributed by atoms with Crippen molar-refractivity contribution in [1.29, 1.82) is 0 Å². The van der Waals surface area contributed by atoms with Gasteiger partial charge in [-0.15, -0.1) is 0 Å². The van der Waals surface area contributed by atoms with Crippen LogP contribution in [-0.4, -0.2) is 45.1 Å². The van der Waals surface area contributed by atoms with E-state index in [1.807, 2.05) is 25.1 Å². The van der Waals surface area contributed by atoms with Gasteiger partial charge in [-0.1, -0.05) is 37.6 Å². The second-order valence-corrected chi connectivity index (χ2v) is 11.1. The summed E-state index contributed by atoms with van der Waals surface area (Å²) < 4.78 is 38.1. The number of carbonyl (C=O) groups is 1. The Morgan fingerprint density at radius 1 is 1.06 bits per heavy atom. The molecule has 0 aromatic heterocycles. The maximum atomic E-state index is 12.9. The Morgan fingerprint density at radius 2 is 1.72 bits per heavy atom. The topological polar surface area (TPSA) is 84.9 Å².